The third kappa shape index (κ3) is 3.11. The van der Waals surface area contributed by atoms with Crippen LogP contribution < -0.4 is 5.32 Å². The number of anilines is 1. The number of benzene rings is 1. The molecule has 3 heteroatoms. The van der Waals surface area contributed by atoms with Crippen LogP contribution in [0.1, 0.15) is 17.3 Å². The van der Waals surface area contributed by atoms with E-state index in [1.165, 1.54) is 4.88 Å². The van der Waals surface area contributed by atoms with Crippen molar-refractivity contribution in [1.29, 1.82) is 0 Å². The van der Waals surface area contributed by atoms with Crippen molar-refractivity contribution in [2.24, 2.45) is 0 Å². The number of nitrogens with one attached hydrogen (secondary N) is 1. The molecule has 1 aromatic heterocycles. The van der Waals surface area contributed by atoms with E-state index in [1.54, 1.807) is 11.3 Å². The summed E-state index contributed by atoms with van der Waals surface area (Å²) in [5.74, 6) is 0. The molecule has 0 aliphatic carbocycles. The van der Waals surface area contributed by atoms with Gasteiger partial charge in [-0.25, -0.2) is 0 Å². The van der Waals surface area contributed by atoms with Crippen LogP contribution in [0.2, 0.25) is 5.02 Å². The average Bonchev–Trinajstić information content (AvgIpc) is 2.85. The van der Waals surface area contributed by atoms with E-state index >= 15 is 0 Å². The predicted octanol–water partition coefficient (Wildman–Crippen LogP) is 5.13. The Hall–Kier alpha value is -1.25. The number of halogens is 1. The summed E-state index contributed by atoms with van der Waals surface area (Å²) in [7, 11) is 0. The quantitative estimate of drug-likeness (QED) is 0.738. The molecule has 0 fully saturated rings. The molecule has 2 aromatic rings. The molecule has 0 aliphatic heterocycles. The van der Waals surface area contributed by atoms with Crippen molar-refractivity contribution in [3.63, 3.8) is 0 Å². The van der Waals surface area contributed by atoms with Gasteiger partial charge in [0.2, 0.25) is 0 Å². The Labute approximate surface area is 111 Å². The van der Waals surface area contributed by atoms with Crippen LogP contribution in [-0.4, -0.2) is 0 Å². The average molecular weight is 264 g/mol. The molecule has 17 heavy (non-hydrogen) atoms. The second-order valence-corrected chi connectivity index (χ2v) is 5.10. The fraction of sp³-hybridized carbons (Fsp3) is 0.143. The van der Waals surface area contributed by atoms with Gasteiger partial charge < -0.3 is 5.32 Å². The fourth-order valence-corrected chi connectivity index (χ4v) is 2.65. The third-order valence-electron chi connectivity index (χ3n) is 2.49. The van der Waals surface area contributed by atoms with Crippen LogP contribution in [0.25, 0.3) is 0 Å². The van der Waals surface area contributed by atoms with E-state index in [-0.39, 0.29) is 6.04 Å². The zero-order valence-corrected chi connectivity index (χ0v) is 11.0. The number of hydrogen-bond acceptors (Lipinski definition) is 2. The smallest absolute Gasteiger partial charge is 0.0641 e. The number of rotatable bonds is 5. The van der Waals surface area contributed by atoms with Gasteiger partial charge in [-0.15, -0.1) is 17.9 Å². The van der Waals surface area contributed by atoms with Crippen LogP contribution in [0.15, 0.2) is 54.4 Å². The molecule has 1 heterocycles. The molecule has 0 spiro atoms. The van der Waals surface area contributed by atoms with Crippen molar-refractivity contribution in [3.05, 3.63) is 64.3 Å². The molecule has 1 nitrogen and oxygen atoms in total. The van der Waals surface area contributed by atoms with Gasteiger partial charge in [0, 0.05) is 4.88 Å². The van der Waals surface area contributed by atoms with Gasteiger partial charge in [0.05, 0.1) is 16.8 Å². The molecule has 0 radical (unpaired) electrons. The lowest BCUT2D eigenvalue weighted by Gasteiger charge is -2.18. The van der Waals surface area contributed by atoms with Crippen molar-refractivity contribution < 1.29 is 0 Å². The Morgan fingerprint density at radius 3 is 2.76 bits per heavy atom. The number of thiophene rings is 1. The molecular weight excluding hydrogens is 250 g/mol. The van der Waals surface area contributed by atoms with Gasteiger partial charge in [-0.05, 0) is 30.0 Å². The zero-order chi connectivity index (χ0) is 12.1. The van der Waals surface area contributed by atoms with Crippen LogP contribution in [0.5, 0.6) is 0 Å². The standard InChI is InChI=1S/C14H14ClNS/c1-2-6-13(14-9-5-10-17-14)16-12-8-4-3-7-11(12)15/h2-5,7-10,13,16H,1,6H2. The number of para-hydroxylation sites is 1. The molecule has 88 valence electrons. The van der Waals surface area contributed by atoms with E-state index in [1.807, 2.05) is 30.3 Å². The highest BCUT2D eigenvalue weighted by molar-refractivity contribution is 7.10. The van der Waals surface area contributed by atoms with Crippen LogP contribution in [0.4, 0.5) is 5.69 Å². The highest BCUT2D eigenvalue weighted by atomic mass is 35.5. The first-order chi connectivity index (χ1) is 8.31. The van der Waals surface area contributed by atoms with Crippen molar-refractivity contribution >= 4 is 28.6 Å². The van der Waals surface area contributed by atoms with Crippen LogP contribution in [0, 0.1) is 0 Å². The lowest BCUT2D eigenvalue weighted by Crippen LogP contribution is -2.08. The van der Waals surface area contributed by atoms with E-state index in [2.05, 4.69) is 29.4 Å². The Balaban J connectivity index is 2.19. The van der Waals surface area contributed by atoms with E-state index in [0.29, 0.717) is 0 Å². The van der Waals surface area contributed by atoms with E-state index in [9.17, 15) is 0 Å². The molecule has 0 amide bonds. The highest BCUT2D eigenvalue weighted by Crippen LogP contribution is 2.30. The molecule has 1 unspecified atom stereocenters. The first kappa shape index (κ1) is 12.2. The summed E-state index contributed by atoms with van der Waals surface area (Å²) in [5, 5.41) is 6.29. The third-order valence-corrected chi connectivity index (χ3v) is 3.81. The van der Waals surface area contributed by atoms with Gasteiger partial charge in [-0.1, -0.05) is 35.9 Å². The summed E-state index contributed by atoms with van der Waals surface area (Å²) in [5.41, 5.74) is 0.967. The van der Waals surface area contributed by atoms with E-state index < -0.39 is 0 Å². The molecule has 0 saturated heterocycles. The van der Waals surface area contributed by atoms with Crippen molar-refractivity contribution in [2.75, 3.05) is 5.32 Å². The molecule has 1 N–H and O–H groups in total. The lowest BCUT2D eigenvalue weighted by molar-refractivity contribution is 0.817. The first-order valence-electron chi connectivity index (χ1n) is 5.46. The minimum atomic E-state index is 0.243. The summed E-state index contributed by atoms with van der Waals surface area (Å²) in [4.78, 5) is 1.30. The molecule has 2 rings (SSSR count). The second kappa shape index (κ2) is 5.89. The molecule has 1 atom stereocenters. The summed E-state index contributed by atoms with van der Waals surface area (Å²) in [6.07, 6.45) is 2.81. The van der Waals surface area contributed by atoms with Crippen LogP contribution >= 0.6 is 22.9 Å². The Morgan fingerprint density at radius 1 is 1.29 bits per heavy atom. The maximum Gasteiger partial charge on any atom is 0.0641 e. The Kier molecular flexibility index (Phi) is 4.24. The molecule has 0 bridgehead atoms. The number of hydrogen-bond donors (Lipinski definition) is 1. The van der Waals surface area contributed by atoms with Gasteiger partial charge in [0.25, 0.3) is 0 Å². The normalized spacial score (nSPS) is 12.1. The van der Waals surface area contributed by atoms with Gasteiger partial charge in [-0.3, -0.25) is 0 Å². The van der Waals surface area contributed by atoms with Gasteiger partial charge in [0.15, 0.2) is 0 Å². The van der Waals surface area contributed by atoms with Crippen molar-refractivity contribution in [3.8, 4) is 0 Å². The zero-order valence-electron chi connectivity index (χ0n) is 9.40. The SMILES string of the molecule is C=CCC(Nc1ccccc1Cl)c1cccs1. The molecule has 0 aliphatic rings. The predicted molar refractivity (Wildman–Crippen MR) is 76.9 cm³/mol. The van der Waals surface area contributed by atoms with E-state index in [0.717, 1.165) is 17.1 Å². The highest BCUT2D eigenvalue weighted by Gasteiger charge is 2.11. The topological polar surface area (TPSA) is 12.0 Å². The summed E-state index contributed by atoms with van der Waals surface area (Å²) >= 11 is 7.89. The van der Waals surface area contributed by atoms with Gasteiger partial charge in [0.1, 0.15) is 0 Å². The first-order valence-corrected chi connectivity index (χ1v) is 6.72. The minimum Gasteiger partial charge on any atom is -0.376 e. The van der Waals surface area contributed by atoms with Crippen LogP contribution in [0.3, 0.4) is 0 Å². The summed E-state index contributed by atoms with van der Waals surface area (Å²) < 4.78 is 0. The Morgan fingerprint density at radius 2 is 2.12 bits per heavy atom. The molecule has 1 aromatic carbocycles. The summed E-state index contributed by atoms with van der Waals surface area (Å²) in [6.45, 7) is 3.81. The maximum atomic E-state index is 6.14. The van der Waals surface area contributed by atoms with Crippen molar-refractivity contribution in [2.45, 2.75) is 12.5 Å². The lowest BCUT2D eigenvalue weighted by atomic mass is 10.1. The van der Waals surface area contributed by atoms with Crippen LogP contribution in [-0.2, 0) is 0 Å². The Bertz CT molecular complexity index is 479. The second-order valence-electron chi connectivity index (χ2n) is 3.72. The van der Waals surface area contributed by atoms with Crippen molar-refractivity contribution in [1.82, 2.24) is 0 Å². The van der Waals surface area contributed by atoms with Gasteiger partial charge in [-0.2, -0.15) is 0 Å². The fourth-order valence-electron chi connectivity index (χ4n) is 1.67. The summed E-state index contributed by atoms with van der Waals surface area (Å²) in [6, 6.07) is 12.2. The van der Waals surface area contributed by atoms with E-state index in [4.69, 9.17) is 11.6 Å². The minimum absolute atomic E-state index is 0.243. The maximum absolute atomic E-state index is 6.14. The largest absolute Gasteiger partial charge is 0.376 e. The monoisotopic (exact) mass is 263 g/mol. The molecular formula is C14H14ClNS. The molecule has 0 saturated carbocycles. The van der Waals surface area contributed by atoms with Gasteiger partial charge >= 0.3 is 0 Å².